The molecule has 0 atom stereocenters. The zero-order valence-corrected chi connectivity index (χ0v) is 10.3. The van der Waals surface area contributed by atoms with Crippen molar-refractivity contribution in [2.75, 3.05) is 13.2 Å². The molecule has 1 aromatic carbocycles. The lowest BCUT2D eigenvalue weighted by Crippen LogP contribution is -2.33. The molecule has 0 spiro atoms. The van der Waals surface area contributed by atoms with Crippen molar-refractivity contribution in [2.45, 2.75) is 18.5 Å². The highest BCUT2D eigenvalue weighted by Crippen LogP contribution is 2.29. The summed E-state index contributed by atoms with van der Waals surface area (Å²) in [6.07, 6.45) is -8.50. The van der Waals surface area contributed by atoms with Crippen LogP contribution in [0.3, 0.4) is 0 Å². The van der Waals surface area contributed by atoms with Gasteiger partial charge in [0.25, 0.3) is 0 Å². The van der Waals surface area contributed by atoms with E-state index >= 15 is 0 Å². The first-order valence-corrected chi connectivity index (χ1v) is 5.48. The van der Waals surface area contributed by atoms with Crippen LogP contribution in [-0.4, -0.2) is 31.3 Å². The van der Waals surface area contributed by atoms with Crippen LogP contribution in [0.5, 0.6) is 0 Å². The molecule has 9 heteroatoms. The lowest BCUT2D eigenvalue weighted by Gasteiger charge is -2.14. The second kappa shape index (κ2) is 6.42. The zero-order chi connectivity index (χ0) is 16.3. The van der Waals surface area contributed by atoms with Crippen molar-refractivity contribution in [2.24, 2.45) is 0 Å². The third-order valence-corrected chi connectivity index (χ3v) is 2.38. The van der Waals surface area contributed by atoms with Gasteiger partial charge in [0, 0.05) is 5.56 Å². The van der Waals surface area contributed by atoms with Gasteiger partial charge in [0.1, 0.15) is 13.2 Å². The second-order valence-electron chi connectivity index (χ2n) is 4.05. The highest BCUT2D eigenvalue weighted by molar-refractivity contribution is 5.97. The van der Waals surface area contributed by atoms with Gasteiger partial charge in [-0.2, -0.15) is 22.0 Å². The summed E-state index contributed by atoms with van der Waals surface area (Å²) in [5, 5.41) is 0. The summed E-state index contributed by atoms with van der Waals surface area (Å²) in [5.74, 6) is -5.28. The standard InChI is InChI=1S/C12H9F7O2/c13-10(14)11(15,16)6-21-5-9(20)7-1-3-8(4-2-7)12(17,18)19/h1-4,10H,5-6H2. The van der Waals surface area contributed by atoms with Gasteiger partial charge >= 0.3 is 18.5 Å². The van der Waals surface area contributed by atoms with Gasteiger partial charge in [-0.15, -0.1) is 0 Å². The van der Waals surface area contributed by atoms with Gasteiger partial charge in [-0.3, -0.25) is 4.79 Å². The van der Waals surface area contributed by atoms with Gasteiger partial charge in [0.15, 0.2) is 5.78 Å². The minimum atomic E-state index is -4.57. The molecule has 0 saturated carbocycles. The molecular formula is C12H9F7O2. The molecular weight excluding hydrogens is 309 g/mol. The van der Waals surface area contributed by atoms with E-state index in [1.54, 1.807) is 0 Å². The molecule has 0 saturated heterocycles. The van der Waals surface area contributed by atoms with E-state index < -0.39 is 43.1 Å². The normalized spacial score (nSPS) is 12.8. The summed E-state index contributed by atoms with van der Waals surface area (Å²) in [6.45, 7) is -2.59. The molecule has 0 amide bonds. The minimum Gasteiger partial charge on any atom is -0.367 e. The van der Waals surface area contributed by atoms with Gasteiger partial charge in [0.2, 0.25) is 0 Å². The number of ketones is 1. The van der Waals surface area contributed by atoms with Crippen LogP contribution in [0, 0.1) is 0 Å². The lowest BCUT2D eigenvalue weighted by atomic mass is 10.1. The summed E-state index contributed by atoms with van der Waals surface area (Å²) >= 11 is 0. The molecule has 0 aliphatic carbocycles. The Balaban J connectivity index is 2.57. The molecule has 1 aromatic rings. The van der Waals surface area contributed by atoms with E-state index in [0.717, 1.165) is 12.1 Å². The van der Waals surface area contributed by atoms with Gasteiger partial charge in [0.05, 0.1) is 5.56 Å². The molecule has 0 radical (unpaired) electrons. The molecule has 21 heavy (non-hydrogen) atoms. The lowest BCUT2D eigenvalue weighted by molar-refractivity contribution is -0.163. The molecule has 0 bridgehead atoms. The molecule has 0 unspecified atom stereocenters. The Kier molecular flexibility index (Phi) is 5.32. The van der Waals surface area contributed by atoms with Crippen molar-refractivity contribution in [3.05, 3.63) is 35.4 Å². The topological polar surface area (TPSA) is 26.3 Å². The van der Waals surface area contributed by atoms with Gasteiger partial charge in [-0.05, 0) is 12.1 Å². The molecule has 2 nitrogen and oxygen atoms in total. The first-order valence-electron chi connectivity index (χ1n) is 5.48. The third kappa shape index (κ3) is 5.00. The maximum absolute atomic E-state index is 12.5. The van der Waals surface area contributed by atoms with Crippen LogP contribution in [0.1, 0.15) is 15.9 Å². The molecule has 0 heterocycles. The highest BCUT2D eigenvalue weighted by atomic mass is 19.4. The first-order chi connectivity index (χ1) is 9.54. The fourth-order valence-electron chi connectivity index (χ4n) is 1.27. The van der Waals surface area contributed by atoms with Gasteiger partial charge < -0.3 is 4.74 Å². The van der Waals surface area contributed by atoms with E-state index in [1.165, 1.54) is 0 Å². The van der Waals surface area contributed by atoms with E-state index in [1.807, 2.05) is 0 Å². The molecule has 0 aromatic heterocycles. The van der Waals surface area contributed by atoms with E-state index in [9.17, 15) is 35.5 Å². The van der Waals surface area contributed by atoms with Crippen LogP contribution >= 0.6 is 0 Å². The van der Waals surface area contributed by atoms with Crippen molar-refractivity contribution in [3.8, 4) is 0 Å². The van der Waals surface area contributed by atoms with E-state index in [0.29, 0.717) is 12.1 Å². The number of benzene rings is 1. The number of ether oxygens (including phenoxy) is 1. The average Bonchev–Trinajstić information content (AvgIpc) is 2.37. The summed E-state index contributed by atoms with van der Waals surface area (Å²) in [7, 11) is 0. The predicted octanol–water partition coefficient (Wildman–Crippen LogP) is 3.81. The molecule has 0 fully saturated rings. The van der Waals surface area contributed by atoms with Crippen LogP contribution in [0.2, 0.25) is 0 Å². The molecule has 118 valence electrons. The minimum absolute atomic E-state index is 0.205. The predicted molar refractivity (Wildman–Crippen MR) is 57.5 cm³/mol. The van der Waals surface area contributed by atoms with Crippen LogP contribution < -0.4 is 0 Å². The molecule has 0 aliphatic heterocycles. The Bertz CT molecular complexity index is 479. The van der Waals surface area contributed by atoms with Crippen molar-refractivity contribution in [1.82, 2.24) is 0 Å². The number of alkyl halides is 7. The van der Waals surface area contributed by atoms with Crippen LogP contribution in [-0.2, 0) is 10.9 Å². The van der Waals surface area contributed by atoms with Crippen molar-refractivity contribution < 1.29 is 40.3 Å². The van der Waals surface area contributed by atoms with E-state index in [4.69, 9.17) is 0 Å². The van der Waals surface area contributed by atoms with E-state index in [-0.39, 0.29) is 5.56 Å². The number of carbonyl (C=O) groups excluding carboxylic acids is 1. The molecule has 1 rings (SSSR count). The number of hydrogen-bond acceptors (Lipinski definition) is 2. The van der Waals surface area contributed by atoms with Crippen molar-refractivity contribution >= 4 is 5.78 Å². The fourth-order valence-corrected chi connectivity index (χ4v) is 1.27. The maximum atomic E-state index is 12.5. The monoisotopic (exact) mass is 318 g/mol. The summed E-state index contributed by atoms with van der Waals surface area (Å²) < 4.78 is 89.5. The Morgan fingerprint density at radius 2 is 1.57 bits per heavy atom. The number of rotatable bonds is 6. The maximum Gasteiger partial charge on any atom is 0.416 e. The Labute approximate surface area is 114 Å². The van der Waals surface area contributed by atoms with Crippen LogP contribution in [0.4, 0.5) is 30.7 Å². The van der Waals surface area contributed by atoms with Crippen molar-refractivity contribution in [3.63, 3.8) is 0 Å². The largest absolute Gasteiger partial charge is 0.416 e. The quantitative estimate of drug-likeness (QED) is 0.589. The molecule has 0 aliphatic rings. The number of halogens is 7. The highest BCUT2D eigenvalue weighted by Gasteiger charge is 2.41. The molecule has 0 N–H and O–H groups in total. The summed E-state index contributed by atoms with van der Waals surface area (Å²) in [4.78, 5) is 11.4. The van der Waals surface area contributed by atoms with Crippen LogP contribution in [0.15, 0.2) is 24.3 Å². The van der Waals surface area contributed by atoms with Gasteiger partial charge in [-0.1, -0.05) is 12.1 Å². The second-order valence-corrected chi connectivity index (χ2v) is 4.05. The Hall–Kier alpha value is -1.64. The summed E-state index contributed by atoms with van der Waals surface area (Å²) in [5.41, 5.74) is -1.19. The number of carbonyl (C=O) groups is 1. The zero-order valence-electron chi connectivity index (χ0n) is 10.3. The first kappa shape index (κ1) is 17.4. The fraction of sp³-hybridized carbons (Fsp3) is 0.417. The van der Waals surface area contributed by atoms with Gasteiger partial charge in [-0.25, -0.2) is 8.78 Å². The SMILES string of the molecule is O=C(COCC(F)(F)C(F)F)c1ccc(C(F)(F)F)cc1. The smallest absolute Gasteiger partial charge is 0.367 e. The number of Topliss-reactive ketones (excluding diaryl/α,β-unsaturated/α-hetero) is 1. The third-order valence-electron chi connectivity index (χ3n) is 2.38. The van der Waals surface area contributed by atoms with Crippen molar-refractivity contribution in [1.29, 1.82) is 0 Å². The Morgan fingerprint density at radius 3 is 2.00 bits per heavy atom. The number of hydrogen-bond donors (Lipinski definition) is 0. The van der Waals surface area contributed by atoms with Crippen LogP contribution in [0.25, 0.3) is 0 Å². The average molecular weight is 318 g/mol. The van der Waals surface area contributed by atoms with E-state index in [2.05, 4.69) is 4.74 Å². The summed E-state index contributed by atoms with van der Waals surface area (Å²) in [6, 6.07) is 2.97. The Morgan fingerprint density at radius 1 is 1.05 bits per heavy atom.